The van der Waals surface area contributed by atoms with Crippen molar-refractivity contribution in [2.24, 2.45) is 5.92 Å². The third-order valence-electron chi connectivity index (χ3n) is 4.85. The first-order valence-electron chi connectivity index (χ1n) is 8.45. The van der Waals surface area contributed by atoms with E-state index in [1.54, 1.807) is 20.3 Å². The van der Waals surface area contributed by atoms with Gasteiger partial charge in [0.05, 0.1) is 14.2 Å². The molecule has 0 unspecified atom stereocenters. The number of carbonyl (C=O) groups excluding carboxylic acids is 1. The molecule has 2 aliphatic rings. The third-order valence-corrected chi connectivity index (χ3v) is 4.85. The Morgan fingerprint density at radius 3 is 2.43 bits per heavy atom. The second-order valence-corrected chi connectivity index (χ2v) is 6.53. The molecule has 126 valence electrons. The molecule has 1 amide bonds. The zero-order valence-electron chi connectivity index (χ0n) is 14.0. The molecule has 5 nitrogen and oxygen atoms in total. The van der Waals surface area contributed by atoms with Gasteiger partial charge in [0.25, 0.3) is 0 Å². The number of methoxy groups -OCH3 is 2. The second-order valence-electron chi connectivity index (χ2n) is 6.53. The molecule has 0 bridgehead atoms. The molecule has 0 radical (unpaired) electrons. The molecule has 5 heteroatoms. The number of carbonyl (C=O) groups is 1. The number of benzene rings is 1. The Hall–Kier alpha value is -1.75. The Morgan fingerprint density at radius 2 is 1.83 bits per heavy atom. The predicted octanol–water partition coefficient (Wildman–Crippen LogP) is 2.91. The number of rotatable bonds is 6. The highest BCUT2D eigenvalue weighted by Crippen LogP contribution is 2.32. The van der Waals surface area contributed by atoms with E-state index in [1.807, 2.05) is 12.1 Å². The van der Waals surface area contributed by atoms with E-state index in [1.165, 1.54) is 12.8 Å². The van der Waals surface area contributed by atoms with Crippen LogP contribution in [0, 0.1) is 5.92 Å². The number of ether oxygens (including phenoxy) is 2. The van der Waals surface area contributed by atoms with Crippen molar-refractivity contribution < 1.29 is 14.3 Å². The van der Waals surface area contributed by atoms with Gasteiger partial charge in [-0.2, -0.15) is 0 Å². The number of amides is 1. The van der Waals surface area contributed by atoms with Crippen LogP contribution in [-0.4, -0.2) is 44.2 Å². The SMILES string of the molecule is COc1ccc(NC(=O)CC2CCN(C3CC3)CC2)cc1OC. The van der Waals surface area contributed by atoms with Gasteiger partial charge in [-0.05, 0) is 56.8 Å². The molecule has 1 aliphatic carbocycles. The minimum Gasteiger partial charge on any atom is -0.493 e. The third kappa shape index (κ3) is 4.16. The van der Waals surface area contributed by atoms with Gasteiger partial charge in [-0.25, -0.2) is 0 Å². The van der Waals surface area contributed by atoms with Crippen molar-refractivity contribution in [3.63, 3.8) is 0 Å². The maximum absolute atomic E-state index is 12.3. The minimum absolute atomic E-state index is 0.0853. The Morgan fingerprint density at radius 1 is 1.13 bits per heavy atom. The van der Waals surface area contributed by atoms with Crippen LogP contribution < -0.4 is 14.8 Å². The zero-order chi connectivity index (χ0) is 16.2. The highest BCUT2D eigenvalue weighted by atomic mass is 16.5. The van der Waals surface area contributed by atoms with Crippen LogP contribution in [0.5, 0.6) is 11.5 Å². The van der Waals surface area contributed by atoms with Crippen LogP contribution in [0.15, 0.2) is 18.2 Å². The van der Waals surface area contributed by atoms with Crippen molar-refractivity contribution in [2.45, 2.75) is 38.1 Å². The van der Waals surface area contributed by atoms with E-state index < -0.39 is 0 Å². The van der Waals surface area contributed by atoms with Gasteiger partial charge in [-0.15, -0.1) is 0 Å². The molecule has 2 fully saturated rings. The Bertz CT molecular complexity index is 549. The van der Waals surface area contributed by atoms with Crippen molar-refractivity contribution >= 4 is 11.6 Å². The molecular weight excluding hydrogens is 292 g/mol. The first-order valence-corrected chi connectivity index (χ1v) is 8.45. The molecule has 1 saturated carbocycles. The van der Waals surface area contributed by atoms with Gasteiger partial charge in [0.15, 0.2) is 11.5 Å². The van der Waals surface area contributed by atoms with Crippen molar-refractivity contribution in [3.05, 3.63) is 18.2 Å². The van der Waals surface area contributed by atoms with Gasteiger partial charge in [-0.3, -0.25) is 4.79 Å². The predicted molar refractivity (Wildman–Crippen MR) is 90.1 cm³/mol. The van der Waals surface area contributed by atoms with Crippen LogP contribution in [0.3, 0.4) is 0 Å². The van der Waals surface area contributed by atoms with Crippen molar-refractivity contribution in [1.29, 1.82) is 0 Å². The zero-order valence-corrected chi connectivity index (χ0v) is 14.0. The summed E-state index contributed by atoms with van der Waals surface area (Å²) in [6, 6.07) is 6.29. The second kappa shape index (κ2) is 7.21. The summed E-state index contributed by atoms with van der Waals surface area (Å²) >= 11 is 0. The highest BCUT2D eigenvalue weighted by Gasteiger charge is 2.32. The van der Waals surface area contributed by atoms with E-state index in [0.29, 0.717) is 23.8 Å². The standard InChI is InChI=1S/C18H26N2O3/c1-22-16-6-3-14(12-17(16)23-2)19-18(21)11-13-7-9-20(10-8-13)15-4-5-15/h3,6,12-13,15H,4-5,7-11H2,1-2H3,(H,19,21). The average Bonchev–Trinajstić information content (AvgIpc) is 3.40. The van der Waals surface area contributed by atoms with Crippen LogP contribution in [0.4, 0.5) is 5.69 Å². The van der Waals surface area contributed by atoms with Gasteiger partial charge >= 0.3 is 0 Å². The number of piperidine rings is 1. The molecule has 1 aliphatic heterocycles. The summed E-state index contributed by atoms with van der Waals surface area (Å²) in [4.78, 5) is 14.9. The number of hydrogen-bond donors (Lipinski definition) is 1. The van der Waals surface area contributed by atoms with Crippen molar-refractivity contribution in [3.8, 4) is 11.5 Å². The Balaban J connectivity index is 1.49. The summed E-state index contributed by atoms with van der Waals surface area (Å²) in [5.74, 6) is 1.88. The molecule has 3 rings (SSSR count). The lowest BCUT2D eigenvalue weighted by Crippen LogP contribution is -2.36. The van der Waals surface area contributed by atoms with Gasteiger partial charge in [0, 0.05) is 24.2 Å². The van der Waals surface area contributed by atoms with Crippen LogP contribution in [0.2, 0.25) is 0 Å². The molecule has 0 aromatic heterocycles. The topological polar surface area (TPSA) is 50.8 Å². The van der Waals surface area contributed by atoms with Gasteiger partial charge < -0.3 is 19.7 Å². The van der Waals surface area contributed by atoms with E-state index in [2.05, 4.69) is 10.2 Å². The largest absolute Gasteiger partial charge is 0.493 e. The molecular formula is C18H26N2O3. The molecule has 1 heterocycles. The minimum atomic E-state index is 0.0853. The fourth-order valence-electron chi connectivity index (χ4n) is 3.35. The Labute approximate surface area is 137 Å². The van der Waals surface area contributed by atoms with E-state index >= 15 is 0 Å². The molecule has 23 heavy (non-hydrogen) atoms. The summed E-state index contributed by atoms with van der Waals surface area (Å²) in [6.07, 6.45) is 5.60. The van der Waals surface area contributed by atoms with Gasteiger partial charge in [-0.1, -0.05) is 0 Å². The van der Waals surface area contributed by atoms with E-state index in [0.717, 1.165) is 37.7 Å². The van der Waals surface area contributed by atoms with Crippen LogP contribution >= 0.6 is 0 Å². The number of hydrogen-bond acceptors (Lipinski definition) is 4. The van der Waals surface area contributed by atoms with Crippen molar-refractivity contribution in [1.82, 2.24) is 4.90 Å². The lowest BCUT2D eigenvalue weighted by Gasteiger charge is -2.31. The summed E-state index contributed by atoms with van der Waals surface area (Å²) in [5.41, 5.74) is 0.753. The fourth-order valence-corrected chi connectivity index (χ4v) is 3.35. The number of anilines is 1. The first kappa shape index (κ1) is 16.1. The summed E-state index contributed by atoms with van der Waals surface area (Å²) in [6.45, 7) is 2.30. The summed E-state index contributed by atoms with van der Waals surface area (Å²) in [5, 5.41) is 2.97. The van der Waals surface area contributed by atoms with Gasteiger partial charge in [0.2, 0.25) is 5.91 Å². The molecule has 1 aromatic rings. The highest BCUT2D eigenvalue weighted by molar-refractivity contribution is 5.91. The van der Waals surface area contributed by atoms with Gasteiger partial charge in [0.1, 0.15) is 0 Å². The number of likely N-dealkylation sites (tertiary alicyclic amines) is 1. The average molecular weight is 318 g/mol. The first-order chi connectivity index (χ1) is 11.2. The summed E-state index contributed by atoms with van der Waals surface area (Å²) in [7, 11) is 3.20. The molecule has 0 spiro atoms. The molecule has 0 atom stereocenters. The maximum Gasteiger partial charge on any atom is 0.224 e. The molecule has 1 aromatic carbocycles. The lowest BCUT2D eigenvalue weighted by atomic mass is 9.93. The number of nitrogens with one attached hydrogen (secondary N) is 1. The molecule has 1 N–H and O–H groups in total. The fraction of sp³-hybridized carbons (Fsp3) is 0.611. The smallest absolute Gasteiger partial charge is 0.224 e. The summed E-state index contributed by atoms with van der Waals surface area (Å²) < 4.78 is 10.5. The quantitative estimate of drug-likeness (QED) is 0.876. The lowest BCUT2D eigenvalue weighted by molar-refractivity contribution is -0.117. The maximum atomic E-state index is 12.3. The normalized spacial score (nSPS) is 19.4. The van der Waals surface area contributed by atoms with E-state index in [9.17, 15) is 4.79 Å². The molecule has 1 saturated heterocycles. The van der Waals surface area contributed by atoms with Crippen LogP contribution in [0.1, 0.15) is 32.1 Å². The van der Waals surface area contributed by atoms with Crippen LogP contribution in [0.25, 0.3) is 0 Å². The Kier molecular flexibility index (Phi) is 5.06. The monoisotopic (exact) mass is 318 g/mol. The number of nitrogens with zero attached hydrogens (tertiary/aromatic N) is 1. The van der Waals surface area contributed by atoms with Crippen LogP contribution in [-0.2, 0) is 4.79 Å². The van der Waals surface area contributed by atoms with E-state index in [4.69, 9.17) is 9.47 Å². The van der Waals surface area contributed by atoms with Crippen molar-refractivity contribution in [2.75, 3.05) is 32.6 Å². The van der Waals surface area contributed by atoms with E-state index in [-0.39, 0.29) is 5.91 Å².